The number of benzene rings is 1. The van der Waals surface area contributed by atoms with Crippen LogP contribution in [0.1, 0.15) is 38.2 Å². The molecule has 1 saturated heterocycles. The van der Waals surface area contributed by atoms with Crippen LogP contribution >= 0.6 is 0 Å². The largest absolute Gasteiger partial charge is 0.355 e. The second-order valence-corrected chi connectivity index (χ2v) is 5.83. The van der Waals surface area contributed by atoms with Crippen molar-refractivity contribution in [1.82, 2.24) is 10.6 Å². The molecule has 0 aromatic heterocycles. The van der Waals surface area contributed by atoms with Crippen molar-refractivity contribution in [2.24, 2.45) is 5.41 Å². The maximum Gasteiger partial charge on any atom is 0.226 e. The SMILES string of the molecule is CC(CNC(=O)C1(C)CCNCC1)c1ccccc1. The van der Waals surface area contributed by atoms with Crippen LogP contribution in [0.5, 0.6) is 0 Å². The van der Waals surface area contributed by atoms with Crippen molar-refractivity contribution in [3.05, 3.63) is 35.9 Å². The van der Waals surface area contributed by atoms with Crippen molar-refractivity contribution >= 4 is 5.91 Å². The highest BCUT2D eigenvalue weighted by atomic mass is 16.2. The third-order valence-electron chi connectivity index (χ3n) is 4.19. The topological polar surface area (TPSA) is 41.1 Å². The normalized spacial score (nSPS) is 19.7. The molecule has 1 amide bonds. The van der Waals surface area contributed by atoms with Gasteiger partial charge in [0.1, 0.15) is 0 Å². The molecule has 0 aliphatic carbocycles. The van der Waals surface area contributed by atoms with Crippen LogP contribution in [0, 0.1) is 5.41 Å². The van der Waals surface area contributed by atoms with Gasteiger partial charge in [-0.15, -0.1) is 0 Å². The summed E-state index contributed by atoms with van der Waals surface area (Å²) in [6.07, 6.45) is 1.86. The number of hydrogen-bond acceptors (Lipinski definition) is 2. The quantitative estimate of drug-likeness (QED) is 0.872. The molecule has 1 atom stereocenters. The van der Waals surface area contributed by atoms with E-state index in [1.165, 1.54) is 5.56 Å². The van der Waals surface area contributed by atoms with Crippen molar-refractivity contribution in [3.63, 3.8) is 0 Å². The van der Waals surface area contributed by atoms with Gasteiger partial charge >= 0.3 is 0 Å². The van der Waals surface area contributed by atoms with E-state index in [-0.39, 0.29) is 11.3 Å². The van der Waals surface area contributed by atoms with Gasteiger partial charge in [-0.2, -0.15) is 0 Å². The second-order valence-electron chi connectivity index (χ2n) is 5.83. The standard InChI is InChI=1S/C16H24N2O/c1-13(14-6-4-3-5-7-14)12-18-15(19)16(2)8-10-17-11-9-16/h3-7,13,17H,8-12H2,1-2H3,(H,18,19). The lowest BCUT2D eigenvalue weighted by Gasteiger charge is -2.33. The Labute approximate surface area is 115 Å². The zero-order valence-electron chi connectivity index (χ0n) is 11.9. The Kier molecular flexibility index (Phi) is 4.59. The Morgan fingerprint density at radius 1 is 1.32 bits per heavy atom. The zero-order chi connectivity index (χ0) is 13.7. The minimum Gasteiger partial charge on any atom is -0.355 e. The van der Waals surface area contributed by atoms with Crippen LogP contribution < -0.4 is 10.6 Å². The first kappa shape index (κ1) is 14.1. The first-order valence-electron chi connectivity index (χ1n) is 7.16. The fourth-order valence-electron chi connectivity index (χ4n) is 2.56. The summed E-state index contributed by atoms with van der Waals surface area (Å²) in [5.41, 5.74) is 1.08. The summed E-state index contributed by atoms with van der Waals surface area (Å²) < 4.78 is 0. The Hall–Kier alpha value is -1.35. The highest BCUT2D eigenvalue weighted by molar-refractivity contribution is 5.82. The fraction of sp³-hybridized carbons (Fsp3) is 0.562. The molecular weight excluding hydrogens is 236 g/mol. The van der Waals surface area contributed by atoms with Crippen LogP contribution in [0.4, 0.5) is 0 Å². The van der Waals surface area contributed by atoms with Crippen LogP contribution in [-0.2, 0) is 4.79 Å². The number of nitrogens with one attached hydrogen (secondary N) is 2. The van der Waals surface area contributed by atoms with E-state index in [4.69, 9.17) is 0 Å². The Morgan fingerprint density at radius 2 is 1.95 bits per heavy atom. The number of hydrogen-bond donors (Lipinski definition) is 2. The maximum absolute atomic E-state index is 12.3. The van der Waals surface area contributed by atoms with Crippen molar-refractivity contribution in [2.45, 2.75) is 32.6 Å². The van der Waals surface area contributed by atoms with Crippen LogP contribution in [0.15, 0.2) is 30.3 Å². The number of carbonyl (C=O) groups is 1. The predicted octanol–water partition coefficient (Wildman–Crippen LogP) is 2.30. The van der Waals surface area contributed by atoms with E-state index in [1.54, 1.807) is 0 Å². The van der Waals surface area contributed by atoms with Crippen LogP contribution in [0.25, 0.3) is 0 Å². The fourth-order valence-corrected chi connectivity index (χ4v) is 2.56. The van der Waals surface area contributed by atoms with Crippen LogP contribution in [-0.4, -0.2) is 25.5 Å². The minimum absolute atomic E-state index is 0.193. The molecule has 3 nitrogen and oxygen atoms in total. The molecule has 19 heavy (non-hydrogen) atoms. The number of piperidine rings is 1. The molecule has 3 heteroatoms. The molecule has 1 aromatic carbocycles. The van der Waals surface area contributed by atoms with Crippen molar-refractivity contribution in [2.75, 3.05) is 19.6 Å². The Morgan fingerprint density at radius 3 is 2.58 bits per heavy atom. The van der Waals surface area contributed by atoms with Gasteiger partial charge in [-0.05, 0) is 37.4 Å². The molecular formula is C16H24N2O. The molecule has 0 saturated carbocycles. The van der Waals surface area contributed by atoms with E-state index in [0.29, 0.717) is 12.5 Å². The summed E-state index contributed by atoms with van der Waals surface area (Å²) in [6.45, 7) is 6.83. The molecule has 1 aromatic rings. The maximum atomic E-state index is 12.3. The summed E-state index contributed by atoms with van der Waals surface area (Å²) in [4.78, 5) is 12.3. The van der Waals surface area contributed by atoms with Gasteiger partial charge in [0.05, 0.1) is 0 Å². The lowest BCUT2D eigenvalue weighted by atomic mass is 9.80. The third-order valence-corrected chi connectivity index (χ3v) is 4.19. The molecule has 1 aliphatic rings. The van der Waals surface area contributed by atoms with Gasteiger partial charge in [0.25, 0.3) is 0 Å². The van der Waals surface area contributed by atoms with E-state index in [2.05, 4.69) is 36.6 Å². The molecule has 1 heterocycles. The van der Waals surface area contributed by atoms with Crippen molar-refractivity contribution in [3.8, 4) is 0 Å². The molecule has 0 bridgehead atoms. The molecule has 2 N–H and O–H groups in total. The minimum atomic E-state index is -0.193. The summed E-state index contributed by atoms with van der Waals surface area (Å²) in [5, 5.41) is 6.43. The van der Waals surface area contributed by atoms with Gasteiger partial charge < -0.3 is 10.6 Å². The van der Waals surface area contributed by atoms with Gasteiger partial charge in [-0.3, -0.25) is 4.79 Å². The summed E-state index contributed by atoms with van der Waals surface area (Å²) in [6, 6.07) is 10.3. The summed E-state index contributed by atoms with van der Waals surface area (Å²) >= 11 is 0. The lowest BCUT2D eigenvalue weighted by molar-refractivity contribution is -0.131. The second kappa shape index (κ2) is 6.20. The van der Waals surface area contributed by atoms with Gasteiger partial charge in [0.15, 0.2) is 0 Å². The first-order chi connectivity index (χ1) is 9.12. The van der Waals surface area contributed by atoms with Crippen LogP contribution in [0.3, 0.4) is 0 Å². The lowest BCUT2D eigenvalue weighted by Crippen LogP contribution is -2.46. The average molecular weight is 260 g/mol. The van der Waals surface area contributed by atoms with E-state index in [1.807, 2.05) is 18.2 Å². The molecule has 1 aliphatic heterocycles. The summed E-state index contributed by atoms with van der Waals surface area (Å²) in [5.74, 6) is 0.562. The Bertz CT molecular complexity index is 410. The van der Waals surface area contributed by atoms with E-state index < -0.39 is 0 Å². The highest BCUT2D eigenvalue weighted by Gasteiger charge is 2.34. The molecule has 1 fully saturated rings. The Balaban J connectivity index is 1.86. The number of rotatable bonds is 4. The van der Waals surface area contributed by atoms with E-state index in [9.17, 15) is 4.79 Å². The highest BCUT2D eigenvalue weighted by Crippen LogP contribution is 2.28. The van der Waals surface area contributed by atoms with Gasteiger partial charge in [-0.1, -0.05) is 44.2 Å². The smallest absolute Gasteiger partial charge is 0.226 e. The van der Waals surface area contributed by atoms with Crippen molar-refractivity contribution < 1.29 is 4.79 Å². The van der Waals surface area contributed by atoms with Crippen LogP contribution in [0.2, 0.25) is 0 Å². The van der Waals surface area contributed by atoms with E-state index in [0.717, 1.165) is 25.9 Å². The number of carbonyl (C=O) groups excluding carboxylic acids is 1. The summed E-state index contributed by atoms with van der Waals surface area (Å²) in [7, 11) is 0. The van der Waals surface area contributed by atoms with E-state index >= 15 is 0 Å². The van der Waals surface area contributed by atoms with Gasteiger partial charge in [0.2, 0.25) is 5.91 Å². The monoisotopic (exact) mass is 260 g/mol. The molecule has 2 rings (SSSR count). The van der Waals surface area contributed by atoms with Crippen molar-refractivity contribution in [1.29, 1.82) is 0 Å². The van der Waals surface area contributed by atoms with Gasteiger partial charge in [0, 0.05) is 12.0 Å². The predicted molar refractivity (Wildman–Crippen MR) is 78.1 cm³/mol. The molecule has 0 radical (unpaired) electrons. The average Bonchev–Trinajstić information content (AvgIpc) is 2.46. The molecule has 0 spiro atoms. The zero-order valence-corrected chi connectivity index (χ0v) is 11.9. The van der Waals surface area contributed by atoms with Gasteiger partial charge in [-0.25, -0.2) is 0 Å². The first-order valence-corrected chi connectivity index (χ1v) is 7.16. The molecule has 104 valence electrons. The third kappa shape index (κ3) is 3.57. The molecule has 1 unspecified atom stereocenters. The number of amides is 1.